The second kappa shape index (κ2) is 38.2. The van der Waals surface area contributed by atoms with E-state index >= 15 is 0 Å². The van der Waals surface area contributed by atoms with Crippen LogP contribution in [-0.2, 0) is 14.3 Å². The number of hydrogen-bond donors (Lipinski definition) is 6. The van der Waals surface area contributed by atoms with Crippen molar-refractivity contribution >= 4 is 5.91 Å². The van der Waals surface area contributed by atoms with E-state index in [0.29, 0.717) is 6.42 Å². The molecule has 1 aliphatic rings. The SMILES string of the molecule is CCCCCCCCCCCCCC/C=C/[C@@H](O)[C@H](CO[C@@H]1O[C@H](CO)[C@@H](O)C(O)C1O)NC(=O)CCCCCCCCCCCCCCCCCCCCC. The van der Waals surface area contributed by atoms with E-state index in [1.165, 1.54) is 167 Å². The van der Waals surface area contributed by atoms with Crippen LogP contribution in [0.5, 0.6) is 0 Å². The molecule has 2 unspecified atom stereocenters. The van der Waals surface area contributed by atoms with E-state index in [-0.39, 0.29) is 12.5 Å². The smallest absolute Gasteiger partial charge is 0.220 e. The van der Waals surface area contributed by atoms with E-state index in [9.17, 15) is 30.3 Å². The van der Waals surface area contributed by atoms with Crippen LogP contribution in [-0.4, -0.2) is 87.5 Å². The summed E-state index contributed by atoms with van der Waals surface area (Å²) in [4.78, 5) is 13.0. The van der Waals surface area contributed by atoms with Crippen LogP contribution < -0.4 is 5.32 Å². The molecule has 0 aliphatic carbocycles. The van der Waals surface area contributed by atoms with E-state index in [1.807, 2.05) is 6.08 Å². The third-order valence-electron chi connectivity index (χ3n) is 11.6. The number of nitrogens with one attached hydrogen (secondary N) is 1. The minimum Gasteiger partial charge on any atom is -0.394 e. The molecule has 6 N–H and O–H groups in total. The lowest BCUT2D eigenvalue weighted by atomic mass is 9.99. The van der Waals surface area contributed by atoms with Crippen molar-refractivity contribution in [3.05, 3.63) is 12.2 Å². The first kappa shape index (κ1) is 52.9. The Balaban J connectivity index is 2.31. The number of carbonyl (C=O) groups is 1. The van der Waals surface area contributed by atoms with Crippen molar-refractivity contribution in [3.8, 4) is 0 Å². The normalized spacial score (nSPS) is 21.2. The second-order valence-corrected chi connectivity index (χ2v) is 16.9. The van der Waals surface area contributed by atoms with Crippen molar-refractivity contribution in [2.24, 2.45) is 0 Å². The number of allylic oxidation sites excluding steroid dienone is 1. The summed E-state index contributed by atoms with van der Waals surface area (Å²) in [6.07, 6.45) is 36.8. The van der Waals surface area contributed by atoms with Crippen LogP contribution in [0, 0.1) is 0 Å². The van der Waals surface area contributed by atoms with Gasteiger partial charge >= 0.3 is 0 Å². The van der Waals surface area contributed by atoms with Crippen LogP contribution in [0.3, 0.4) is 0 Å². The van der Waals surface area contributed by atoms with E-state index in [4.69, 9.17) is 9.47 Å². The summed E-state index contributed by atoms with van der Waals surface area (Å²) in [6.45, 7) is 3.79. The van der Waals surface area contributed by atoms with Crippen LogP contribution in [0.25, 0.3) is 0 Å². The third kappa shape index (κ3) is 28.4. The number of unbranched alkanes of at least 4 members (excludes halogenated alkanes) is 30. The zero-order valence-corrected chi connectivity index (χ0v) is 36.4. The molecule has 1 rings (SSSR count). The minimum absolute atomic E-state index is 0.173. The lowest BCUT2D eigenvalue weighted by Gasteiger charge is -2.40. The van der Waals surface area contributed by atoms with Gasteiger partial charge in [0, 0.05) is 6.42 Å². The van der Waals surface area contributed by atoms with Crippen molar-refractivity contribution in [1.29, 1.82) is 0 Å². The van der Waals surface area contributed by atoms with Crippen LogP contribution >= 0.6 is 0 Å². The molecule has 0 spiro atoms. The Morgan fingerprint density at radius 2 is 0.982 bits per heavy atom. The molecule has 0 bridgehead atoms. The Morgan fingerprint density at radius 3 is 1.39 bits per heavy atom. The second-order valence-electron chi connectivity index (χ2n) is 16.9. The van der Waals surface area contributed by atoms with Gasteiger partial charge < -0.3 is 40.3 Å². The highest BCUT2D eigenvalue weighted by atomic mass is 16.7. The van der Waals surface area contributed by atoms with E-state index in [1.54, 1.807) is 6.08 Å². The highest BCUT2D eigenvalue weighted by molar-refractivity contribution is 5.76. The molecule has 56 heavy (non-hydrogen) atoms. The Bertz CT molecular complexity index is 888. The topological polar surface area (TPSA) is 149 Å². The maximum Gasteiger partial charge on any atom is 0.220 e. The van der Waals surface area contributed by atoms with Gasteiger partial charge in [-0.25, -0.2) is 0 Å². The number of carbonyl (C=O) groups excluding carboxylic acids is 1. The largest absolute Gasteiger partial charge is 0.394 e. The lowest BCUT2D eigenvalue weighted by Crippen LogP contribution is -2.60. The van der Waals surface area contributed by atoms with Crippen molar-refractivity contribution in [2.45, 2.75) is 269 Å². The van der Waals surface area contributed by atoms with Crippen molar-refractivity contribution in [2.75, 3.05) is 13.2 Å². The Labute approximate surface area is 344 Å². The molecule has 0 saturated carbocycles. The molecule has 0 radical (unpaired) electrons. The molecular formula is C47H91NO8. The van der Waals surface area contributed by atoms with E-state index < -0.39 is 49.5 Å². The zero-order chi connectivity index (χ0) is 40.9. The van der Waals surface area contributed by atoms with E-state index in [2.05, 4.69) is 19.2 Å². The fourth-order valence-corrected chi connectivity index (χ4v) is 7.75. The van der Waals surface area contributed by atoms with Gasteiger partial charge in [-0.3, -0.25) is 4.79 Å². The number of aliphatic hydroxyl groups is 5. The van der Waals surface area contributed by atoms with Gasteiger partial charge in [-0.15, -0.1) is 0 Å². The van der Waals surface area contributed by atoms with Gasteiger partial charge in [0.25, 0.3) is 0 Å². The maximum atomic E-state index is 13.0. The van der Waals surface area contributed by atoms with Gasteiger partial charge in [0.05, 0.1) is 25.4 Å². The molecular weight excluding hydrogens is 707 g/mol. The van der Waals surface area contributed by atoms with Gasteiger partial charge in [-0.1, -0.05) is 212 Å². The predicted molar refractivity (Wildman–Crippen MR) is 231 cm³/mol. The van der Waals surface area contributed by atoms with Crippen molar-refractivity contribution in [1.82, 2.24) is 5.32 Å². The number of ether oxygens (including phenoxy) is 2. The van der Waals surface area contributed by atoms with Crippen molar-refractivity contribution < 1.29 is 39.8 Å². The molecule has 7 atom stereocenters. The fourth-order valence-electron chi connectivity index (χ4n) is 7.75. The first-order valence-corrected chi connectivity index (χ1v) is 23.9. The first-order chi connectivity index (χ1) is 27.3. The highest BCUT2D eigenvalue weighted by Crippen LogP contribution is 2.23. The van der Waals surface area contributed by atoms with Crippen LogP contribution in [0.1, 0.15) is 226 Å². The summed E-state index contributed by atoms with van der Waals surface area (Å²) >= 11 is 0. The molecule has 0 aromatic carbocycles. The zero-order valence-electron chi connectivity index (χ0n) is 36.4. The quantitative estimate of drug-likeness (QED) is 0.0265. The van der Waals surface area contributed by atoms with Crippen LogP contribution in [0.4, 0.5) is 0 Å². The molecule has 1 fully saturated rings. The summed E-state index contributed by atoms with van der Waals surface area (Å²) in [6, 6.07) is -0.798. The Morgan fingerprint density at radius 1 is 0.589 bits per heavy atom. The summed E-state index contributed by atoms with van der Waals surface area (Å²) in [7, 11) is 0. The average molecular weight is 798 g/mol. The van der Waals surface area contributed by atoms with Gasteiger partial charge in [-0.05, 0) is 19.3 Å². The van der Waals surface area contributed by atoms with E-state index in [0.717, 1.165) is 38.5 Å². The number of amides is 1. The van der Waals surface area contributed by atoms with Gasteiger partial charge in [0.1, 0.15) is 24.4 Å². The van der Waals surface area contributed by atoms with Gasteiger partial charge in [0.2, 0.25) is 5.91 Å². The highest BCUT2D eigenvalue weighted by Gasteiger charge is 2.44. The molecule has 0 aromatic rings. The number of aliphatic hydroxyl groups excluding tert-OH is 5. The molecule has 332 valence electrons. The third-order valence-corrected chi connectivity index (χ3v) is 11.6. The fraction of sp³-hybridized carbons (Fsp3) is 0.936. The standard InChI is InChI=1S/C47H91NO8/c1-3-5-7-9-11-13-15-17-19-20-21-22-23-25-27-29-31-33-35-37-43(51)48-40(39-55-47-46(54)45(53)44(52)42(38-49)56-47)41(50)36-34-32-30-28-26-24-18-16-14-12-10-8-6-4-2/h34,36,40-42,44-47,49-50,52-54H,3-33,35,37-39H2,1-2H3,(H,48,51)/b36-34+/t40-,41+,42+,44+,45?,46?,47+/m0/s1. The van der Waals surface area contributed by atoms with Crippen LogP contribution in [0.2, 0.25) is 0 Å². The van der Waals surface area contributed by atoms with Crippen LogP contribution in [0.15, 0.2) is 12.2 Å². The summed E-state index contributed by atoms with van der Waals surface area (Å²) in [5, 5.41) is 54.2. The predicted octanol–water partition coefficient (Wildman–Crippen LogP) is 10.1. The monoisotopic (exact) mass is 798 g/mol. The Hall–Kier alpha value is -1.07. The lowest BCUT2D eigenvalue weighted by molar-refractivity contribution is -0.302. The van der Waals surface area contributed by atoms with Gasteiger partial charge in [0.15, 0.2) is 6.29 Å². The molecule has 0 aromatic heterocycles. The molecule has 1 aliphatic heterocycles. The Kier molecular flexibility index (Phi) is 36.1. The van der Waals surface area contributed by atoms with Crippen molar-refractivity contribution in [3.63, 3.8) is 0 Å². The first-order valence-electron chi connectivity index (χ1n) is 23.9. The number of rotatable bonds is 40. The maximum absolute atomic E-state index is 13.0. The summed E-state index contributed by atoms with van der Waals surface area (Å²) in [5.74, 6) is -0.173. The minimum atomic E-state index is -1.56. The number of hydrogen-bond acceptors (Lipinski definition) is 8. The van der Waals surface area contributed by atoms with Gasteiger partial charge in [-0.2, -0.15) is 0 Å². The molecule has 1 amide bonds. The average Bonchev–Trinajstić information content (AvgIpc) is 3.20. The molecule has 1 saturated heterocycles. The summed E-state index contributed by atoms with van der Waals surface area (Å²) < 4.78 is 11.2. The molecule has 1 heterocycles. The summed E-state index contributed by atoms with van der Waals surface area (Å²) in [5.41, 5.74) is 0. The molecule has 9 heteroatoms. The molecule has 9 nitrogen and oxygen atoms in total.